The maximum atomic E-state index is 13.1. The molecule has 4 rings (SSSR count). The molecule has 0 aliphatic carbocycles. The fourth-order valence-corrected chi connectivity index (χ4v) is 4.81. The third-order valence-corrected chi connectivity index (χ3v) is 6.59. The Bertz CT molecular complexity index is 1160. The molecule has 9 heteroatoms. The molecule has 4 aromatic rings. The van der Waals surface area contributed by atoms with Crippen LogP contribution in [-0.2, 0) is 12.3 Å². The third-order valence-electron chi connectivity index (χ3n) is 4.52. The summed E-state index contributed by atoms with van der Waals surface area (Å²) in [6, 6.07) is 3.55. The Morgan fingerprint density at radius 3 is 2.89 bits per heavy atom. The molecule has 0 amide bonds. The summed E-state index contributed by atoms with van der Waals surface area (Å²) in [5.41, 5.74) is 1.06. The number of furan rings is 1. The smallest absolute Gasteiger partial charge is 0.263 e. The van der Waals surface area contributed by atoms with Gasteiger partial charge in [0.15, 0.2) is 10.9 Å². The number of rotatable bonds is 7. The topological polar surface area (TPSA) is 86.9 Å². The van der Waals surface area contributed by atoms with Crippen LogP contribution in [0, 0.1) is 13.8 Å². The van der Waals surface area contributed by atoms with Crippen molar-refractivity contribution < 1.29 is 8.94 Å². The SMILES string of the molecule is CCCCn1c(SCc2nc(-c3ccco3)no2)nc2sc(C)c(C)c2c1=O. The summed E-state index contributed by atoms with van der Waals surface area (Å²) >= 11 is 3.00. The zero-order chi connectivity index (χ0) is 19.7. The fraction of sp³-hybridized carbons (Fsp3) is 0.368. The molecule has 0 atom stereocenters. The van der Waals surface area contributed by atoms with Crippen LogP contribution in [0.4, 0.5) is 0 Å². The van der Waals surface area contributed by atoms with E-state index in [0.29, 0.717) is 34.9 Å². The molecule has 0 fully saturated rings. The van der Waals surface area contributed by atoms with Gasteiger partial charge < -0.3 is 8.94 Å². The summed E-state index contributed by atoms with van der Waals surface area (Å²) in [5, 5.41) is 5.37. The van der Waals surface area contributed by atoms with Gasteiger partial charge in [0.2, 0.25) is 11.7 Å². The van der Waals surface area contributed by atoms with Gasteiger partial charge in [-0.3, -0.25) is 9.36 Å². The summed E-state index contributed by atoms with van der Waals surface area (Å²) in [6.45, 7) is 6.77. The molecule has 7 nitrogen and oxygen atoms in total. The van der Waals surface area contributed by atoms with Gasteiger partial charge >= 0.3 is 0 Å². The van der Waals surface area contributed by atoms with E-state index in [0.717, 1.165) is 33.5 Å². The molecule has 4 aromatic heterocycles. The molecule has 0 saturated carbocycles. The van der Waals surface area contributed by atoms with E-state index < -0.39 is 0 Å². The molecule has 0 bridgehead atoms. The van der Waals surface area contributed by atoms with Crippen molar-refractivity contribution >= 4 is 33.3 Å². The summed E-state index contributed by atoms with van der Waals surface area (Å²) in [6.07, 6.45) is 3.50. The highest BCUT2D eigenvalue weighted by Crippen LogP contribution is 2.29. The van der Waals surface area contributed by atoms with E-state index in [-0.39, 0.29) is 5.56 Å². The zero-order valence-corrected chi connectivity index (χ0v) is 17.5. The predicted molar refractivity (Wildman–Crippen MR) is 110 cm³/mol. The lowest BCUT2D eigenvalue weighted by molar-refractivity contribution is 0.390. The Morgan fingerprint density at radius 1 is 1.29 bits per heavy atom. The number of aromatic nitrogens is 4. The molecule has 0 unspecified atom stereocenters. The molecular formula is C19H20N4O3S2. The molecule has 0 aliphatic rings. The van der Waals surface area contributed by atoms with Crippen LogP contribution in [0.3, 0.4) is 0 Å². The molecule has 146 valence electrons. The Labute approximate surface area is 169 Å². The number of aryl methyl sites for hydroxylation is 2. The summed E-state index contributed by atoms with van der Waals surface area (Å²) in [4.78, 5) is 24.2. The van der Waals surface area contributed by atoms with Crippen LogP contribution in [0.5, 0.6) is 0 Å². The van der Waals surface area contributed by atoms with Crippen LogP contribution >= 0.6 is 23.1 Å². The van der Waals surface area contributed by atoms with Gasteiger partial charge in [-0.15, -0.1) is 11.3 Å². The van der Waals surface area contributed by atoms with Crippen molar-refractivity contribution in [3.8, 4) is 11.6 Å². The van der Waals surface area contributed by atoms with Gasteiger partial charge in [-0.25, -0.2) is 4.98 Å². The number of thiophene rings is 1. The van der Waals surface area contributed by atoms with Gasteiger partial charge in [-0.05, 0) is 38.0 Å². The highest BCUT2D eigenvalue weighted by molar-refractivity contribution is 7.98. The lowest BCUT2D eigenvalue weighted by atomic mass is 10.2. The fourth-order valence-electron chi connectivity index (χ4n) is 2.88. The van der Waals surface area contributed by atoms with E-state index in [1.165, 1.54) is 11.8 Å². The standard InChI is InChI=1S/C19H20N4O3S2/c1-4-5-8-23-18(24)15-11(2)12(3)28-17(15)21-19(23)27-10-14-20-16(22-26-14)13-7-6-9-25-13/h6-7,9H,4-5,8,10H2,1-3H3. The Balaban J connectivity index is 1.64. The highest BCUT2D eigenvalue weighted by atomic mass is 32.2. The van der Waals surface area contributed by atoms with Crippen molar-refractivity contribution in [3.05, 3.63) is 45.1 Å². The van der Waals surface area contributed by atoms with Crippen molar-refractivity contribution in [1.82, 2.24) is 19.7 Å². The maximum Gasteiger partial charge on any atom is 0.263 e. The third kappa shape index (κ3) is 3.51. The Morgan fingerprint density at radius 2 is 2.14 bits per heavy atom. The van der Waals surface area contributed by atoms with Crippen molar-refractivity contribution in [2.75, 3.05) is 0 Å². The predicted octanol–water partition coefficient (Wildman–Crippen LogP) is 4.81. The number of hydrogen-bond acceptors (Lipinski definition) is 8. The first-order valence-electron chi connectivity index (χ1n) is 9.08. The zero-order valence-electron chi connectivity index (χ0n) is 15.9. The number of thioether (sulfide) groups is 1. The van der Waals surface area contributed by atoms with Gasteiger partial charge in [0, 0.05) is 11.4 Å². The molecule has 4 heterocycles. The molecule has 0 saturated heterocycles. The molecule has 0 spiro atoms. The van der Waals surface area contributed by atoms with Crippen LogP contribution in [0.15, 0.2) is 37.3 Å². The van der Waals surface area contributed by atoms with Gasteiger partial charge in [0.25, 0.3) is 5.56 Å². The van der Waals surface area contributed by atoms with Crippen LogP contribution in [0.1, 0.15) is 36.1 Å². The Hall–Kier alpha value is -2.39. The van der Waals surface area contributed by atoms with E-state index in [2.05, 4.69) is 17.1 Å². The first-order chi connectivity index (χ1) is 13.6. The monoisotopic (exact) mass is 416 g/mol. The average molecular weight is 417 g/mol. The summed E-state index contributed by atoms with van der Waals surface area (Å²) in [7, 11) is 0. The lowest BCUT2D eigenvalue weighted by Crippen LogP contribution is -2.23. The minimum absolute atomic E-state index is 0.0320. The normalized spacial score (nSPS) is 11.5. The number of unbranched alkanes of at least 4 members (excludes halogenated alkanes) is 1. The van der Waals surface area contributed by atoms with Crippen molar-refractivity contribution in [3.63, 3.8) is 0 Å². The van der Waals surface area contributed by atoms with Crippen molar-refractivity contribution in [2.24, 2.45) is 0 Å². The molecule has 28 heavy (non-hydrogen) atoms. The van der Waals surface area contributed by atoms with Gasteiger partial charge in [-0.2, -0.15) is 4.98 Å². The van der Waals surface area contributed by atoms with Gasteiger partial charge in [0.05, 0.1) is 17.4 Å². The van der Waals surface area contributed by atoms with E-state index in [9.17, 15) is 4.79 Å². The van der Waals surface area contributed by atoms with E-state index in [1.54, 1.807) is 34.3 Å². The molecule has 0 N–H and O–H groups in total. The van der Waals surface area contributed by atoms with Crippen molar-refractivity contribution in [2.45, 2.75) is 51.1 Å². The average Bonchev–Trinajstić information content (AvgIpc) is 3.41. The first-order valence-corrected chi connectivity index (χ1v) is 10.9. The lowest BCUT2D eigenvalue weighted by Gasteiger charge is -2.11. The molecule has 0 aromatic carbocycles. The quantitative estimate of drug-likeness (QED) is 0.315. The molecular weight excluding hydrogens is 396 g/mol. The van der Waals surface area contributed by atoms with E-state index in [1.807, 2.05) is 13.8 Å². The Kier molecular flexibility index (Phi) is 5.36. The summed E-state index contributed by atoms with van der Waals surface area (Å²) in [5.74, 6) is 1.87. The second kappa shape index (κ2) is 7.92. The number of nitrogens with zero attached hydrogens (tertiary/aromatic N) is 4. The molecule has 0 radical (unpaired) electrons. The van der Waals surface area contributed by atoms with Crippen molar-refractivity contribution in [1.29, 1.82) is 0 Å². The van der Waals surface area contributed by atoms with Crippen LogP contribution < -0.4 is 5.56 Å². The van der Waals surface area contributed by atoms with E-state index in [4.69, 9.17) is 13.9 Å². The van der Waals surface area contributed by atoms with Gasteiger partial charge in [-0.1, -0.05) is 30.3 Å². The van der Waals surface area contributed by atoms with Crippen LogP contribution in [0.2, 0.25) is 0 Å². The second-order valence-corrected chi connectivity index (χ2v) is 8.59. The minimum Gasteiger partial charge on any atom is -0.461 e. The van der Waals surface area contributed by atoms with E-state index >= 15 is 0 Å². The molecule has 0 aliphatic heterocycles. The first kappa shape index (κ1) is 18.9. The summed E-state index contributed by atoms with van der Waals surface area (Å²) < 4.78 is 12.4. The highest BCUT2D eigenvalue weighted by Gasteiger charge is 2.18. The van der Waals surface area contributed by atoms with Crippen LogP contribution in [-0.4, -0.2) is 19.7 Å². The van der Waals surface area contributed by atoms with Crippen LogP contribution in [0.25, 0.3) is 21.8 Å². The second-order valence-electron chi connectivity index (χ2n) is 6.45. The van der Waals surface area contributed by atoms with Gasteiger partial charge in [0.1, 0.15) is 4.83 Å². The number of hydrogen-bond donors (Lipinski definition) is 0. The largest absolute Gasteiger partial charge is 0.461 e. The number of fused-ring (bicyclic) bond motifs is 1. The maximum absolute atomic E-state index is 13.1. The minimum atomic E-state index is 0.0320.